The molecule has 8 heavy (non-hydrogen) atoms. The monoisotopic (exact) mass is 117 g/mol. The number of halogens is 2. The Morgan fingerprint density at radius 1 is 1.50 bits per heavy atom. The Labute approximate surface area is 44.9 Å². The second kappa shape index (κ2) is 1.90. The molecule has 1 aliphatic rings. The molecule has 4 heteroatoms. The molecule has 0 amide bonds. The summed E-state index contributed by atoms with van der Waals surface area (Å²) in [6, 6.07) is 0. The molecule has 0 aliphatic carbocycles. The van der Waals surface area contributed by atoms with Crippen LogP contribution in [0.3, 0.4) is 0 Å². The maximum absolute atomic E-state index is 11.8. The highest BCUT2D eigenvalue weighted by atomic mass is 19.1. The van der Waals surface area contributed by atoms with E-state index in [1.807, 2.05) is 0 Å². The average molecular weight is 117 g/mol. The van der Waals surface area contributed by atoms with Gasteiger partial charge in [0.25, 0.3) is 0 Å². The van der Waals surface area contributed by atoms with Gasteiger partial charge in [0.15, 0.2) is 0 Å². The molecule has 0 aromatic carbocycles. The molecule has 0 unspecified atom stereocenters. The molecule has 0 saturated carbocycles. The van der Waals surface area contributed by atoms with E-state index in [0.717, 1.165) is 12.3 Å². The van der Waals surface area contributed by atoms with Gasteiger partial charge >= 0.3 is 6.42 Å². The Kier molecular flexibility index (Phi) is 1.24. The molecule has 1 aliphatic heterocycles. The van der Waals surface area contributed by atoms with Crippen molar-refractivity contribution >= 4 is 5.97 Å². The van der Waals surface area contributed by atoms with Gasteiger partial charge in [-0.15, -0.1) is 0 Å². The molecular formula is C4H3F2N2. The van der Waals surface area contributed by atoms with Crippen molar-refractivity contribution in [2.45, 2.75) is 0 Å². The third-order valence-corrected chi connectivity index (χ3v) is 0.628. The standard InChI is InChI=1S/C4H3F2N2/c5-3-1-2-7-4(6)8-3/h1-2,7H. The normalized spacial score (nSPS) is 20.0. The van der Waals surface area contributed by atoms with Crippen LogP contribution >= 0.6 is 0 Å². The lowest BCUT2D eigenvalue weighted by atomic mass is 10.6. The van der Waals surface area contributed by atoms with E-state index in [-0.39, 0.29) is 0 Å². The maximum Gasteiger partial charge on any atom is 0.352 e. The van der Waals surface area contributed by atoms with Crippen LogP contribution in [0.1, 0.15) is 0 Å². The highest BCUT2D eigenvalue weighted by molar-refractivity contribution is 5.87. The van der Waals surface area contributed by atoms with Gasteiger partial charge < -0.3 is 5.32 Å². The van der Waals surface area contributed by atoms with E-state index < -0.39 is 12.4 Å². The number of allylic oxidation sites excluding steroid dienone is 1. The van der Waals surface area contributed by atoms with Gasteiger partial charge in [-0.2, -0.15) is 13.8 Å². The zero-order valence-corrected chi connectivity index (χ0v) is 3.86. The Balaban J connectivity index is 2.63. The van der Waals surface area contributed by atoms with Crippen LogP contribution in [-0.4, -0.2) is 5.97 Å². The summed E-state index contributed by atoms with van der Waals surface area (Å²) in [4.78, 5) is 2.78. The first-order chi connectivity index (χ1) is 3.79. The van der Waals surface area contributed by atoms with Gasteiger partial charge in [0.1, 0.15) is 0 Å². The van der Waals surface area contributed by atoms with Crippen molar-refractivity contribution in [3.63, 3.8) is 0 Å². The van der Waals surface area contributed by atoms with Gasteiger partial charge in [-0.3, -0.25) is 0 Å². The van der Waals surface area contributed by atoms with E-state index in [0.29, 0.717) is 0 Å². The minimum atomic E-state index is -0.912. The molecule has 0 spiro atoms. The van der Waals surface area contributed by atoms with Gasteiger partial charge in [0.05, 0.1) is 0 Å². The fraction of sp³-hybridized carbons (Fsp3) is 0. The van der Waals surface area contributed by atoms with Crippen molar-refractivity contribution in [2.24, 2.45) is 4.99 Å². The Hall–Kier alpha value is -0.930. The zero-order valence-electron chi connectivity index (χ0n) is 3.86. The molecular weight excluding hydrogens is 114 g/mol. The van der Waals surface area contributed by atoms with Crippen molar-refractivity contribution in [3.8, 4) is 0 Å². The van der Waals surface area contributed by atoms with Gasteiger partial charge in [-0.1, -0.05) is 0 Å². The Morgan fingerprint density at radius 2 is 2.25 bits per heavy atom. The second-order valence-electron chi connectivity index (χ2n) is 1.20. The third-order valence-electron chi connectivity index (χ3n) is 0.628. The molecule has 2 nitrogen and oxygen atoms in total. The molecule has 43 valence electrons. The number of rotatable bonds is 0. The van der Waals surface area contributed by atoms with Crippen molar-refractivity contribution in [1.82, 2.24) is 5.32 Å². The molecule has 1 N–H and O–H groups in total. The summed E-state index contributed by atoms with van der Waals surface area (Å²) in [6.07, 6.45) is 1.26. The van der Waals surface area contributed by atoms with Gasteiger partial charge in [0, 0.05) is 12.3 Å². The van der Waals surface area contributed by atoms with Gasteiger partial charge in [0.2, 0.25) is 5.97 Å². The fourth-order valence-corrected chi connectivity index (χ4v) is 0.343. The predicted molar refractivity (Wildman–Crippen MR) is 25.2 cm³/mol. The van der Waals surface area contributed by atoms with E-state index in [1.54, 1.807) is 0 Å². The van der Waals surface area contributed by atoms with Crippen molar-refractivity contribution < 1.29 is 8.78 Å². The van der Waals surface area contributed by atoms with Crippen LogP contribution in [0.5, 0.6) is 0 Å². The Bertz CT molecular complexity index is 141. The van der Waals surface area contributed by atoms with E-state index in [1.165, 1.54) is 0 Å². The van der Waals surface area contributed by atoms with Crippen LogP contribution in [-0.2, 0) is 0 Å². The lowest BCUT2D eigenvalue weighted by molar-refractivity contribution is 0.445. The number of hydrogen-bond donors (Lipinski definition) is 1. The number of nitrogens with zero attached hydrogens (tertiary/aromatic N) is 1. The van der Waals surface area contributed by atoms with Gasteiger partial charge in [-0.05, 0) is 0 Å². The summed E-state index contributed by atoms with van der Waals surface area (Å²) in [5.41, 5.74) is 0. The van der Waals surface area contributed by atoms with E-state index in [2.05, 4.69) is 10.3 Å². The Morgan fingerprint density at radius 3 is 2.62 bits per heavy atom. The quantitative estimate of drug-likeness (QED) is 0.468. The predicted octanol–water partition coefficient (Wildman–Crippen LogP) is 0.888. The number of aliphatic imine (C=N–C) groups is 1. The molecule has 0 saturated heterocycles. The summed E-state index contributed by atoms with van der Waals surface area (Å²) in [5.74, 6) is -0.818. The summed E-state index contributed by atoms with van der Waals surface area (Å²) < 4.78 is 23.6. The number of hydrogen-bond acceptors (Lipinski definition) is 2. The molecule has 0 aromatic heterocycles. The third kappa shape index (κ3) is 1.02. The first kappa shape index (κ1) is 5.21. The highest BCUT2D eigenvalue weighted by Crippen LogP contribution is 2.04. The molecule has 0 bridgehead atoms. The van der Waals surface area contributed by atoms with Gasteiger partial charge in [-0.25, -0.2) is 0 Å². The summed E-state index contributed by atoms with van der Waals surface area (Å²) in [6.45, 7) is 0. The first-order valence-electron chi connectivity index (χ1n) is 1.99. The first-order valence-corrected chi connectivity index (χ1v) is 1.99. The minimum absolute atomic E-state index is 0.818. The second-order valence-corrected chi connectivity index (χ2v) is 1.20. The van der Waals surface area contributed by atoms with Crippen LogP contribution in [0, 0.1) is 6.42 Å². The van der Waals surface area contributed by atoms with Crippen molar-refractivity contribution in [2.75, 3.05) is 0 Å². The summed E-state index contributed by atoms with van der Waals surface area (Å²) >= 11 is 0. The summed E-state index contributed by atoms with van der Waals surface area (Å²) in [7, 11) is 0. The van der Waals surface area contributed by atoms with E-state index in [4.69, 9.17) is 0 Å². The van der Waals surface area contributed by atoms with Crippen LogP contribution in [0.25, 0.3) is 0 Å². The van der Waals surface area contributed by atoms with Crippen LogP contribution in [0.2, 0.25) is 0 Å². The lowest BCUT2D eigenvalue weighted by Gasteiger charge is -2.02. The van der Waals surface area contributed by atoms with Crippen molar-refractivity contribution in [1.29, 1.82) is 0 Å². The van der Waals surface area contributed by atoms with Crippen LogP contribution in [0.4, 0.5) is 8.78 Å². The smallest absolute Gasteiger partial charge is 0.335 e. The topological polar surface area (TPSA) is 24.4 Å². The fourth-order valence-electron chi connectivity index (χ4n) is 0.343. The summed E-state index contributed by atoms with van der Waals surface area (Å²) in [5, 5.41) is 2.05. The molecule has 1 heterocycles. The largest absolute Gasteiger partial charge is 0.352 e. The molecule has 0 atom stereocenters. The van der Waals surface area contributed by atoms with E-state index >= 15 is 0 Å². The minimum Gasteiger partial charge on any atom is -0.335 e. The molecule has 1 rings (SSSR count). The van der Waals surface area contributed by atoms with Crippen LogP contribution in [0.15, 0.2) is 17.3 Å². The molecule has 1 radical (unpaired) electrons. The number of nitrogens with one attached hydrogen (secondary N) is 1. The molecule has 0 fully saturated rings. The van der Waals surface area contributed by atoms with E-state index in [9.17, 15) is 8.78 Å². The lowest BCUT2D eigenvalue weighted by Crippen LogP contribution is -2.12. The van der Waals surface area contributed by atoms with Crippen LogP contribution < -0.4 is 5.32 Å². The molecule has 0 aromatic rings. The SMILES string of the molecule is F[C]1N=C(F)C=CN1. The van der Waals surface area contributed by atoms with Crippen molar-refractivity contribution in [3.05, 3.63) is 18.7 Å². The highest BCUT2D eigenvalue weighted by Gasteiger charge is 2.07. The maximum atomic E-state index is 11.8. The average Bonchev–Trinajstić information content (AvgIpc) is 1.64. The zero-order chi connectivity index (χ0) is 5.98.